The zero-order valence-electron chi connectivity index (χ0n) is 33.4. The van der Waals surface area contributed by atoms with Crippen molar-refractivity contribution in [1.29, 1.82) is 0 Å². The molecule has 0 saturated carbocycles. The second-order valence-electron chi connectivity index (χ2n) is 17.1. The fourth-order valence-electron chi connectivity index (χ4n) is 10.0. The first-order valence-electron chi connectivity index (χ1n) is 21.2. The number of carbonyl (C=O) groups excluding carboxylic acids is 4. The molecule has 13 heteroatoms. The van der Waals surface area contributed by atoms with Crippen molar-refractivity contribution in [1.82, 2.24) is 25.0 Å². The van der Waals surface area contributed by atoms with Gasteiger partial charge in [-0.2, -0.15) is 0 Å². The zero-order valence-corrected chi connectivity index (χ0v) is 34.2. The summed E-state index contributed by atoms with van der Waals surface area (Å²) in [6.07, 6.45) is 9.25. The number of rotatable bonds is 9. The number of urea groups is 1. The first kappa shape index (κ1) is 38.5. The molecule has 5 fully saturated rings. The SMILES string of the molecule is CN1CCN([C@@H]2CCCN(c3ncc(C(N)=O)c4sc(-c5ccc(C6CCN(CC7CCN(c8ccc(C9CCC(=O)NC9=O)cc8)CC7)CC6)cc5)cc34)C2)C1=O. The Morgan fingerprint density at radius 1 is 0.845 bits per heavy atom. The number of piperidine rings is 4. The van der Waals surface area contributed by atoms with E-state index in [9.17, 15) is 19.2 Å². The lowest BCUT2D eigenvalue weighted by Gasteiger charge is -2.38. The van der Waals surface area contributed by atoms with Crippen LogP contribution in [0, 0.1) is 5.92 Å². The number of amides is 5. The highest BCUT2D eigenvalue weighted by Crippen LogP contribution is 2.41. The second kappa shape index (κ2) is 16.3. The predicted octanol–water partition coefficient (Wildman–Crippen LogP) is 6.01. The summed E-state index contributed by atoms with van der Waals surface area (Å²) in [6, 6.07) is 19.8. The van der Waals surface area contributed by atoms with Gasteiger partial charge in [-0.3, -0.25) is 19.7 Å². The number of benzene rings is 2. The molecule has 304 valence electrons. The van der Waals surface area contributed by atoms with Gasteiger partial charge in [0.05, 0.1) is 22.2 Å². The van der Waals surface area contributed by atoms with Crippen LogP contribution in [0.3, 0.4) is 0 Å². The average Bonchev–Trinajstić information content (AvgIpc) is 3.84. The van der Waals surface area contributed by atoms with Crippen LogP contribution in [-0.4, -0.2) is 115 Å². The van der Waals surface area contributed by atoms with Crippen molar-refractivity contribution in [3.8, 4) is 10.4 Å². The molecule has 0 spiro atoms. The molecule has 12 nitrogen and oxygen atoms in total. The normalized spacial score (nSPS) is 22.9. The van der Waals surface area contributed by atoms with Crippen molar-refractivity contribution in [2.45, 2.75) is 69.2 Å². The molecule has 0 aliphatic carbocycles. The van der Waals surface area contributed by atoms with E-state index in [1.54, 1.807) is 22.4 Å². The van der Waals surface area contributed by atoms with Crippen LogP contribution in [0.4, 0.5) is 16.3 Å². The van der Waals surface area contributed by atoms with E-state index in [-0.39, 0.29) is 29.8 Å². The molecule has 58 heavy (non-hydrogen) atoms. The number of likely N-dealkylation sites (tertiary alicyclic amines) is 1. The van der Waals surface area contributed by atoms with E-state index in [4.69, 9.17) is 10.7 Å². The number of nitrogens with zero attached hydrogens (tertiary/aromatic N) is 6. The molecule has 9 rings (SSSR count). The van der Waals surface area contributed by atoms with Crippen molar-refractivity contribution in [2.75, 3.05) is 75.8 Å². The molecule has 0 radical (unpaired) electrons. The lowest BCUT2D eigenvalue weighted by atomic mass is 9.87. The number of aromatic nitrogens is 1. The van der Waals surface area contributed by atoms with Gasteiger partial charge in [-0.15, -0.1) is 11.3 Å². The Bertz CT molecular complexity index is 2170. The Morgan fingerprint density at radius 3 is 2.28 bits per heavy atom. The van der Waals surface area contributed by atoms with Gasteiger partial charge in [0.15, 0.2) is 0 Å². The van der Waals surface area contributed by atoms with Gasteiger partial charge < -0.3 is 30.2 Å². The van der Waals surface area contributed by atoms with Gasteiger partial charge >= 0.3 is 6.03 Å². The third-order valence-electron chi connectivity index (χ3n) is 13.5. The smallest absolute Gasteiger partial charge is 0.320 e. The van der Waals surface area contributed by atoms with E-state index >= 15 is 0 Å². The maximum Gasteiger partial charge on any atom is 0.320 e. The minimum absolute atomic E-state index is 0.101. The summed E-state index contributed by atoms with van der Waals surface area (Å²) in [6.45, 7) is 8.59. The number of pyridine rings is 1. The van der Waals surface area contributed by atoms with E-state index < -0.39 is 5.91 Å². The van der Waals surface area contributed by atoms with Crippen LogP contribution in [0.15, 0.2) is 60.8 Å². The topological polar surface area (TPSA) is 135 Å². The molecule has 4 aromatic rings. The summed E-state index contributed by atoms with van der Waals surface area (Å²) in [7, 11) is 1.86. The number of imide groups is 1. The minimum atomic E-state index is -0.470. The quantitative estimate of drug-likeness (QED) is 0.197. The zero-order chi connectivity index (χ0) is 39.9. The number of likely N-dealkylation sites (N-methyl/N-ethyl adjacent to an activating group) is 1. The Morgan fingerprint density at radius 2 is 1.59 bits per heavy atom. The van der Waals surface area contributed by atoms with Gasteiger partial charge in [-0.05, 0) is 105 Å². The molecule has 5 aliphatic rings. The molecule has 5 amide bonds. The van der Waals surface area contributed by atoms with E-state index in [1.807, 2.05) is 11.9 Å². The third-order valence-corrected chi connectivity index (χ3v) is 14.7. The largest absolute Gasteiger partial charge is 0.372 e. The number of nitrogens with one attached hydrogen (secondary N) is 1. The molecular formula is C45H54N8O4S. The van der Waals surface area contributed by atoms with E-state index in [0.717, 1.165) is 116 Å². The first-order chi connectivity index (χ1) is 28.2. The van der Waals surface area contributed by atoms with Crippen molar-refractivity contribution in [3.63, 3.8) is 0 Å². The average molecular weight is 803 g/mol. The minimum Gasteiger partial charge on any atom is -0.372 e. The number of nitrogens with two attached hydrogens (primary N) is 1. The number of hydrogen-bond acceptors (Lipinski definition) is 9. The summed E-state index contributed by atoms with van der Waals surface area (Å²) < 4.78 is 0.870. The molecule has 2 aromatic heterocycles. The number of primary amides is 1. The number of carbonyl (C=O) groups is 4. The van der Waals surface area contributed by atoms with Crippen LogP contribution in [0.25, 0.3) is 20.5 Å². The van der Waals surface area contributed by atoms with Crippen LogP contribution in [0.1, 0.15) is 84.7 Å². The predicted molar refractivity (Wildman–Crippen MR) is 228 cm³/mol. The lowest BCUT2D eigenvalue weighted by molar-refractivity contribution is -0.134. The van der Waals surface area contributed by atoms with Crippen molar-refractivity contribution in [3.05, 3.63) is 77.5 Å². The third kappa shape index (κ3) is 7.78. The molecule has 2 aromatic carbocycles. The van der Waals surface area contributed by atoms with Gasteiger partial charge in [-0.1, -0.05) is 36.4 Å². The maximum atomic E-state index is 12.8. The molecule has 7 heterocycles. The number of thiophene rings is 1. The van der Waals surface area contributed by atoms with E-state index in [1.165, 1.54) is 24.1 Å². The summed E-state index contributed by atoms with van der Waals surface area (Å²) in [5, 5.41) is 3.42. The highest BCUT2D eigenvalue weighted by Gasteiger charge is 2.35. The highest BCUT2D eigenvalue weighted by atomic mass is 32.1. The summed E-state index contributed by atoms with van der Waals surface area (Å²) in [5.41, 5.74) is 11.0. The van der Waals surface area contributed by atoms with E-state index in [0.29, 0.717) is 30.2 Å². The Kier molecular flexibility index (Phi) is 10.8. The van der Waals surface area contributed by atoms with Crippen molar-refractivity contribution in [2.24, 2.45) is 11.7 Å². The van der Waals surface area contributed by atoms with Crippen LogP contribution in [0.5, 0.6) is 0 Å². The molecule has 5 saturated heterocycles. The molecule has 0 bridgehead atoms. The van der Waals surface area contributed by atoms with Crippen LogP contribution in [0.2, 0.25) is 0 Å². The second-order valence-corrected chi connectivity index (χ2v) is 18.1. The molecule has 5 aliphatic heterocycles. The Balaban J connectivity index is 0.790. The van der Waals surface area contributed by atoms with Crippen molar-refractivity contribution < 1.29 is 19.2 Å². The fourth-order valence-corrected chi connectivity index (χ4v) is 11.2. The molecule has 3 N–H and O–H groups in total. The maximum absolute atomic E-state index is 12.8. The fraction of sp³-hybridized carbons (Fsp3) is 0.489. The summed E-state index contributed by atoms with van der Waals surface area (Å²) in [4.78, 5) is 66.3. The van der Waals surface area contributed by atoms with Crippen LogP contribution in [-0.2, 0) is 9.59 Å². The summed E-state index contributed by atoms with van der Waals surface area (Å²) >= 11 is 1.60. The Hall–Kier alpha value is -5.01. The van der Waals surface area contributed by atoms with Crippen LogP contribution >= 0.6 is 11.3 Å². The first-order valence-corrected chi connectivity index (χ1v) is 22.0. The standard InChI is InChI=1S/C45H54N8O4S/c1-49-23-24-53(45(49)57)35-3-2-18-52(28-35)43-37-25-39(58-41(37)38(26-47-43)42(46)55)33-6-4-30(5-7-33)31-16-19-50(20-17-31)27-29-14-21-51(22-15-29)34-10-8-32(9-11-34)36-12-13-40(54)48-44(36)56/h4-11,25-26,29,31,35-36H,2-3,12-24,27-28H2,1H3,(H2,46,55)(H,48,54,56)/t35-,36?/m1/s1. The Labute approximate surface area is 344 Å². The van der Waals surface area contributed by atoms with E-state index in [2.05, 4.69) is 74.6 Å². The molecule has 1 unspecified atom stereocenters. The van der Waals surface area contributed by atoms with Crippen LogP contribution < -0.4 is 20.9 Å². The molecular weight excluding hydrogens is 749 g/mol. The molecule has 2 atom stereocenters. The lowest BCUT2D eigenvalue weighted by Crippen LogP contribution is -2.49. The number of anilines is 2. The van der Waals surface area contributed by atoms with Gasteiger partial charge in [0.25, 0.3) is 5.91 Å². The number of hydrogen-bond donors (Lipinski definition) is 2. The summed E-state index contributed by atoms with van der Waals surface area (Å²) in [5.74, 6) is 1.04. The van der Waals surface area contributed by atoms with Gasteiger partial charge in [0, 0.05) is 81.4 Å². The monoisotopic (exact) mass is 802 g/mol. The van der Waals surface area contributed by atoms with Gasteiger partial charge in [0.1, 0.15) is 5.82 Å². The van der Waals surface area contributed by atoms with Gasteiger partial charge in [0.2, 0.25) is 11.8 Å². The van der Waals surface area contributed by atoms with Gasteiger partial charge in [-0.25, -0.2) is 9.78 Å². The number of fused-ring (bicyclic) bond motifs is 1. The highest BCUT2D eigenvalue weighted by molar-refractivity contribution is 7.22. The van der Waals surface area contributed by atoms with Crippen molar-refractivity contribution >= 4 is 56.7 Å².